The molecule has 43 heavy (non-hydrogen) atoms. The number of carbonyl (C=O) groups is 5. The Hall–Kier alpha value is -4.33. The molecule has 0 radical (unpaired) electrons. The van der Waals surface area contributed by atoms with E-state index in [1.165, 1.54) is 12.0 Å². The molecule has 1 atom stereocenters. The number of hydrogen-bond acceptors (Lipinski definition) is 10. The number of benzene rings is 1. The molecule has 14 nitrogen and oxygen atoms in total. The van der Waals surface area contributed by atoms with Crippen molar-refractivity contribution in [1.29, 1.82) is 0 Å². The van der Waals surface area contributed by atoms with Gasteiger partial charge in [0.1, 0.15) is 12.3 Å². The molecule has 2 aliphatic heterocycles. The van der Waals surface area contributed by atoms with Gasteiger partial charge in [0, 0.05) is 25.0 Å². The molecule has 3 aliphatic rings. The Morgan fingerprint density at radius 1 is 1.09 bits per heavy atom. The van der Waals surface area contributed by atoms with E-state index in [4.69, 9.17) is 14.0 Å². The second kappa shape index (κ2) is 12.1. The van der Waals surface area contributed by atoms with E-state index >= 15 is 0 Å². The Morgan fingerprint density at radius 2 is 1.81 bits per heavy atom. The van der Waals surface area contributed by atoms with E-state index < -0.39 is 29.4 Å². The summed E-state index contributed by atoms with van der Waals surface area (Å²) < 4.78 is 16.7. The summed E-state index contributed by atoms with van der Waals surface area (Å²) in [6, 6.07) is 6.33. The number of morpholine rings is 1. The Labute approximate surface area is 248 Å². The monoisotopic (exact) mass is 596 g/mol. The van der Waals surface area contributed by atoms with Gasteiger partial charge in [-0.1, -0.05) is 38.1 Å². The Morgan fingerprint density at radius 3 is 2.51 bits per heavy atom. The van der Waals surface area contributed by atoms with E-state index in [9.17, 15) is 24.0 Å². The van der Waals surface area contributed by atoms with Gasteiger partial charge in [-0.25, -0.2) is 9.69 Å². The van der Waals surface area contributed by atoms with Gasteiger partial charge in [0.15, 0.2) is 5.82 Å². The molecule has 3 fully saturated rings. The number of carbonyl (C=O) groups excluding carboxylic acids is 5. The number of hydrogen-bond donors (Lipinski definition) is 0. The van der Waals surface area contributed by atoms with E-state index in [0.29, 0.717) is 31.1 Å². The summed E-state index contributed by atoms with van der Waals surface area (Å²) in [5, 5.41) is 3.88. The molecule has 1 aromatic carbocycles. The molecule has 1 aromatic heterocycles. The van der Waals surface area contributed by atoms with Crippen LogP contribution in [0, 0.1) is 11.3 Å². The molecular formula is C29H36N6O8. The molecule has 1 saturated carbocycles. The number of imide groups is 2. The molecule has 5 rings (SSSR count). The summed E-state index contributed by atoms with van der Waals surface area (Å²) >= 11 is 0. The first-order valence-corrected chi connectivity index (χ1v) is 14.3. The Balaban J connectivity index is 1.29. The van der Waals surface area contributed by atoms with Gasteiger partial charge in [0.05, 0.1) is 38.5 Å². The largest absolute Gasteiger partial charge is 0.495 e. The molecule has 0 spiro atoms. The minimum Gasteiger partial charge on any atom is -0.495 e. The first-order chi connectivity index (χ1) is 20.5. The van der Waals surface area contributed by atoms with E-state index in [0.717, 1.165) is 22.6 Å². The van der Waals surface area contributed by atoms with Crippen molar-refractivity contribution in [3.8, 4) is 5.75 Å². The predicted molar refractivity (Wildman–Crippen MR) is 150 cm³/mol. The van der Waals surface area contributed by atoms with Crippen LogP contribution in [-0.4, -0.2) is 100 Å². The maximum Gasteiger partial charge on any atom is 0.334 e. The summed E-state index contributed by atoms with van der Waals surface area (Å²) in [6.45, 7) is 6.67. The molecule has 1 unspecified atom stereocenters. The van der Waals surface area contributed by atoms with Crippen molar-refractivity contribution in [2.24, 2.45) is 11.3 Å². The van der Waals surface area contributed by atoms with Crippen molar-refractivity contribution in [3.63, 3.8) is 0 Å². The molecule has 0 bridgehead atoms. The molecular weight excluding hydrogens is 560 g/mol. The van der Waals surface area contributed by atoms with Crippen LogP contribution in [0.3, 0.4) is 0 Å². The standard InChI is InChI=1S/C29H36N6O8/c1-29(2,3)27(39)32-11-12-42-19(15-32)16-33(20-7-5-6-8-21(20)41-4)24(36)13-22-30-23(43-31-22)17-35-26(38)25(37)34(28(35)40)14-18-9-10-18/h5-8,18-19H,9-17H2,1-4H3. The maximum atomic E-state index is 13.7. The third-order valence-corrected chi connectivity index (χ3v) is 7.52. The van der Waals surface area contributed by atoms with Crippen molar-refractivity contribution >= 4 is 35.3 Å². The minimum absolute atomic E-state index is 0.00243. The second-order valence-electron chi connectivity index (χ2n) is 12.0. The molecule has 230 valence electrons. The number of ether oxygens (including phenoxy) is 2. The molecule has 6 amide bonds. The lowest BCUT2D eigenvalue weighted by Crippen LogP contribution is -2.53. The first-order valence-electron chi connectivity index (χ1n) is 14.3. The lowest BCUT2D eigenvalue weighted by atomic mass is 9.94. The van der Waals surface area contributed by atoms with Crippen molar-refractivity contribution < 1.29 is 38.0 Å². The van der Waals surface area contributed by atoms with Crippen molar-refractivity contribution in [1.82, 2.24) is 24.8 Å². The van der Waals surface area contributed by atoms with E-state index in [1.807, 2.05) is 20.8 Å². The highest BCUT2D eigenvalue weighted by molar-refractivity contribution is 6.44. The Bertz CT molecular complexity index is 1410. The summed E-state index contributed by atoms with van der Waals surface area (Å²) in [5.41, 5.74) is -0.0483. The van der Waals surface area contributed by atoms with Gasteiger partial charge in [0.2, 0.25) is 17.7 Å². The van der Waals surface area contributed by atoms with Gasteiger partial charge in [-0.3, -0.25) is 24.1 Å². The van der Waals surface area contributed by atoms with Crippen molar-refractivity contribution in [2.75, 3.05) is 44.8 Å². The number of anilines is 1. The zero-order valence-corrected chi connectivity index (χ0v) is 24.8. The number of aromatic nitrogens is 2. The fourth-order valence-corrected chi connectivity index (χ4v) is 5.08. The molecule has 3 heterocycles. The van der Waals surface area contributed by atoms with Crippen LogP contribution in [0.15, 0.2) is 28.8 Å². The maximum absolute atomic E-state index is 13.7. The summed E-state index contributed by atoms with van der Waals surface area (Å²) in [6.07, 6.45) is 1.10. The number of urea groups is 1. The predicted octanol–water partition coefficient (Wildman–Crippen LogP) is 1.63. The normalized spacial score (nSPS) is 19.3. The SMILES string of the molecule is COc1ccccc1N(CC1CN(C(=O)C(C)(C)C)CCO1)C(=O)Cc1noc(CN2C(=O)C(=O)N(CC3CC3)C2=O)n1. The van der Waals surface area contributed by atoms with Gasteiger partial charge in [-0.05, 0) is 30.9 Å². The fraction of sp³-hybridized carbons (Fsp3) is 0.552. The molecule has 2 aromatic rings. The fourth-order valence-electron chi connectivity index (χ4n) is 5.08. The number of amides is 6. The van der Waals surface area contributed by atoms with Crippen LogP contribution in [0.4, 0.5) is 10.5 Å². The van der Waals surface area contributed by atoms with Crippen LogP contribution in [0.2, 0.25) is 0 Å². The summed E-state index contributed by atoms with van der Waals surface area (Å²) in [5.74, 6) is -1.55. The molecule has 14 heteroatoms. The van der Waals surface area contributed by atoms with Gasteiger partial charge >= 0.3 is 17.8 Å². The topological polar surface area (TPSA) is 156 Å². The van der Waals surface area contributed by atoms with Crippen molar-refractivity contribution in [3.05, 3.63) is 36.0 Å². The smallest absolute Gasteiger partial charge is 0.334 e. The third kappa shape index (κ3) is 6.69. The zero-order chi connectivity index (χ0) is 30.9. The van der Waals surface area contributed by atoms with Gasteiger partial charge in [-0.15, -0.1) is 0 Å². The highest BCUT2D eigenvalue weighted by atomic mass is 16.5. The molecule has 0 N–H and O–H groups in total. The highest BCUT2D eigenvalue weighted by Crippen LogP contribution is 2.32. The zero-order valence-electron chi connectivity index (χ0n) is 24.8. The van der Waals surface area contributed by atoms with E-state index in [1.54, 1.807) is 29.2 Å². The lowest BCUT2D eigenvalue weighted by molar-refractivity contribution is -0.146. The quantitative estimate of drug-likeness (QED) is 0.292. The number of rotatable bonds is 10. The van der Waals surface area contributed by atoms with Crippen LogP contribution in [-0.2, 0) is 36.9 Å². The number of methoxy groups -OCH3 is 1. The van der Waals surface area contributed by atoms with E-state index in [-0.39, 0.29) is 55.5 Å². The second-order valence-corrected chi connectivity index (χ2v) is 12.0. The average molecular weight is 597 g/mol. The number of para-hydroxylation sites is 2. The highest BCUT2D eigenvalue weighted by Gasteiger charge is 2.47. The van der Waals surface area contributed by atoms with Crippen LogP contribution >= 0.6 is 0 Å². The van der Waals surface area contributed by atoms with Gasteiger partial charge in [0.25, 0.3) is 0 Å². The molecule has 1 aliphatic carbocycles. The lowest BCUT2D eigenvalue weighted by Gasteiger charge is -2.38. The van der Waals surface area contributed by atoms with Crippen LogP contribution in [0.25, 0.3) is 0 Å². The first kappa shape index (κ1) is 30.1. The number of nitrogens with zero attached hydrogens (tertiary/aromatic N) is 6. The third-order valence-electron chi connectivity index (χ3n) is 7.52. The van der Waals surface area contributed by atoms with Crippen LogP contribution in [0.1, 0.15) is 45.3 Å². The van der Waals surface area contributed by atoms with Crippen molar-refractivity contribution in [2.45, 2.75) is 52.7 Å². The Kier molecular flexibility index (Phi) is 8.49. The van der Waals surface area contributed by atoms with Gasteiger partial charge in [-0.2, -0.15) is 4.98 Å². The summed E-state index contributed by atoms with van der Waals surface area (Å²) in [4.78, 5) is 73.3. The van der Waals surface area contributed by atoms with Crippen LogP contribution in [0.5, 0.6) is 5.75 Å². The van der Waals surface area contributed by atoms with E-state index in [2.05, 4.69) is 10.1 Å². The van der Waals surface area contributed by atoms with Crippen LogP contribution < -0.4 is 9.64 Å². The van der Waals surface area contributed by atoms with Gasteiger partial charge < -0.3 is 23.8 Å². The molecule has 2 saturated heterocycles. The summed E-state index contributed by atoms with van der Waals surface area (Å²) in [7, 11) is 1.51. The minimum atomic E-state index is -0.949. The average Bonchev–Trinajstić information content (AvgIpc) is 3.67.